The zero-order valence-electron chi connectivity index (χ0n) is 11.9. The Balaban J connectivity index is 3.07. The van der Waals surface area contributed by atoms with Gasteiger partial charge in [0.1, 0.15) is 0 Å². The third-order valence-corrected chi connectivity index (χ3v) is 3.62. The number of benzene rings is 1. The number of ether oxygens (including phenoxy) is 2. The maximum absolute atomic E-state index is 12.3. The summed E-state index contributed by atoms with van der Waals surface area (Å²) in [5.74, 6) is 0.695. The van der Waals surface area contributed by atoms with E-state index in [9.17, 15) is 4.79 Å². The lowest BCUT2D eigenvalue weighted by Gasteiger charge is -2.29. The Labute approximate surface area is 119 Å². The lowest BCUT2D eigenvalue weighted by atomic mass is 10.0. The molecule has 1 rings (SSSR count). The number of alkyl halides is 1. The van der Waals surface area contributed by atoms with Gasteiger partial charge in [-0.3, -0.25) is 4.79 Å². The number of nitrogens with one attached hydrogen (secondary N) is 1. The van der Waals surface area contributed by atoms with Crippen molar-refractivity contribution in [3.63, 3.8) is 0 Å². The van der Waals surface area contributed by atoms with Crippen molar-refractivity contribution in [1.82, 2.24) is 5.32 Å². The summed E-state index contributed by atoms with van der Waals surface area (Å²) in [5, 5.41) is 2.69. The van der Waals surface area contributed by atoms with E-state index in [1.54, 1.807) is 18.2 Å². The molecule has 0 saturated heterocycles. The maximum Gasteiger partial charge on any atom is 0.255 e. The highest BCUT2D eigenvalue weighted by atomic mass is 35.5. The van der Waals surface area contributed by atoms with Crippen molar-refractivity contribution >= 4 is 17.5 Å². The van der Waals surface area contributed by atoms with E-state index in [1.165, 1.54) is 14.2 Å². The molecule has 1 aromatic carbocycles. The number of carbonyl (C=O) groups excluding carboxylic acids is 1. The van der Waals surface area contributed by atoms with Gasteiger partial charge in [-0.05, 0) is 32.9 Å². The molecule has 0 aliphatic heterocycles. The first-order valence-corrected chi connectivity index (χ1v) is 6.44. The van der Waals surface area contributed by atoms with Gasteiger partial charge in [0.15, 0.2) is 11.5 Å². The molecule has 1 unspecified atom stereocenters. The van der Waals surface area contributed by atoms with Crippen LogP contribution in [-0.2, 0) is 0 Å². The van der Waals surface area contributed by atoms with Crippen LogP contribution in [0.1, 0.15) is 31.1 Å². The minimum atomic E-state index is -0.521. The fraction of sp³-hybridized carbons (Fsp3) is 0.500. The van der Waals surface area contributed by atoms with Crippen LogP contribution in [0.3, 0.4) is 0 Å². The van der Waals surface area contributed by atoms with Crippen LogP contribution >= 0.6 is 11.6 Å². The fourth-order valence-electron chi connectivity index (χ4n) is 1.53. The molecule has 0 bridgehead atoms. The first-order chi connectivity index (χ1) is 8.83. The van der Waals surface area contributed by atoms with E-state index >= 15 is 0 Å². The molecule has 0 spiro atoms. The second-order valence-electron chi connectivity index (χ2n) is 4.83. The SMILES string of the molecule is COc1cccc(C(=O)NC(C)(C)C(C)Cl)c1OC. The van der Waals surface area contributed by atoms with Gasteiger partial charge in [0, 0.05) is 0 Å². The Morgan fingerprint density at radius 1 is 1.32 bits per heavy atom. The molecule has 1 aromatic rings. The van der Waals surface area contributed by atoms with Crippen molar-refractivity contribution in [2.24, 2.45) is 0 Å². The van der Waals surface area contributed by atoms with Crippen LogP contribution < -0.4 is 14.8 Å². The summed E-state index contributed by atoms with van der Waals surface area (Å²) in [5.41, 5.74) is -0.0977. The van der Waals surface area contributed by atoms with Gasteiger partial charge in [0.2, 0.25) is 0 Å². The predicted molar refractivity (Wildman–Crippen MR) is 76.4 cm³/mol. The summed E-state index contributed by atoms with van der Waals surface area (Å²) >= 11 is 6.06. The van der Waals surface area contributed by atoms with E-state index in [4.69, 9.17) is 21.1 Å². The molecule has 1 N–H and O–H groups in total. The smallest absolute Gasteiger partial charge is 0.255 e. The molecule has 0 radical (unpaired) electrons. The summed E-state index contributed by atoms with van der Waals surface area (Å²) in [6, 6.07) is 5.17. The summed E-state index contributed by atoms with van der Waals surface area (Å²) in [7, 11) is 3.04. The molecular formula is C14H20ClNO3. The minimum absolute atomic E-state index is 0.201. The fourth-order valence-corrected chi connectivity index (χ4v) is 1.58. The van der Waals surface area contributed by atoms with Crippen LogP contribution in [0.5, 0.6) is 11.5 Å². The number of hydrogen-bond donors (Lipinski definition) is 1. The van der Waals surface area contributed by atoms with Crippen molar-refractivity contribution in [1.29, 1.82) is 0 Å². The number of carbonyl (C=O) groups is 1. The molecule has 0 aromatic heterocycles. The maximum atomic E-state index is 12.3. The standard InChI is InChI=1S/C14H20ClNO3/c1-9(15)14(2,3)16-13(17)10-7-6-8-11(18-4)12(10)19-5/h6-9H,1-5H3,(H,16,17). The molecule has 0 fully saturated rings. The molecule has 106 valence electrons. The lowest BCUT2D eigenvalue weighted by molar-refractivity contribution is 0.0908. The normalized spacial score (nSPS) is 12.7. The summed E-state index contributed by atoms with van der Waals surface area (Å²) in [6.45, 7) is 5.58. The Kier molecular flexibility index (Phi) is 5.06. The van der Waals surface area contributed by atoms with Crippen molar-refractivity contribution in [3.8, 4) is 11.5 Å². The van der Waals surface area contributed by atoms with E-state index in [1.807, 2.05) is 20.8 Å². The predicted octanol–water partition coefficient (Wildman–Crippen LogP) is 2.84. The Morgan fingerprint density at radius 2 is 1.95 bits per heavy atom. The Bertz CT molecular complexity index is 458. The highest BCUT2D eigenvalue weighted by molar-refractivity contribution is 6.21. The van der Waals surface area contributed by atoms with Crippen molar-refractivity contribution < 1.29 is 14.3 Å². The van der Waals surface area contributed by atoms with Gasteiger partial charge < -0.3 is 14.8 Å². The summed E-state index contributed by atoms with van der Waals surface area (Å²) in [4.78, 5) is 12.3. The number of hydrogen-bond acceptors (Lipinski definition) is 3. The van der Waals surface area contributed by atoms with Crippen LogP contribution in [0, 0.1) is 0 Å². The van der Waals surface area contributed by atoms with E-state index in [2.05, 4.69) is 5.32 Å². The van der Waals surface area contributed by atoms with Gasteiger partial charge >= 0.3 is 0 Å². The highest BCUT2D eigenvalue weighted by Crippen LogP contribution is 2.31. The van der Waals surface area contributed by atoms with Gasteiger partial charge in [-0.25, -0.2) is 0 Å². The van der Waals surface area contributed by atoms with E-state index < -0.39 is 5.54 Å². The molecule has 1 amide bonds. The largest absolute Gasteiger partial charge is 0.493 e. The molecule has 0 saturated carbocycles. The molecule has 0 aliphatic rings. The van der Waals surface area contributed by atoms with Crippen molar-refractivity contribution in [3.05, 3.63) is 23.8 Å². The van der Waals surface area contributed by atoms with Crippen molar-refractivity contribution in [2.45, 2.75) is 31.7 Å². The van der Waals surface area contributed by atoms with Crippen molar-refractivity contribution in [2.75, 3.05) is 14.2 Å². The number of para-hydroxylation sites is 1. The Hall–Kier alpha value is -1.42. The van der Waals surface area contributed by atoms with Gasteiger partial charge in [-0.15, -0.1) is 11.6 Å². The molecule has 19 heavy (non-hydrogen) atoms. The molecule has 5 heteroatoms. The summed E-state index contributed by atoms with van der Waals surface area (Å²) in [6.07, 6.45) is 0. The van der Waals surface area contributed by atoms with Crippen LogP contribution in [0.4, 0.5) is 0 Å². The molecule has 0 heterocycles. The monoisotopic (exact) mass is 285 g/mol. The lowest BCUT2D eigenvalue weighted by Crippen LogP contribution is -2.49. The zero-order valence-corrected chi connectivity index (χ0v) is 12.7. The zero-order chi connectivity index (χ0) is 14.6. The number of halogens is 1. The van der Waals surface area contributed by atoms with Crippen LogP contribution in [0.25, 0.3) is 0 Å². The number of amides is 1. The van der Waals surface area contributed by atoms with Gasteiger partial charge in [0.05, 0.1) is 30.7 Å². The average molecular weight is 286 g/mol. The third-order valence-electron chi connectivity index (χ3n) is 3.08. The molecule has 1 atom stereocenters. The van der Waals surface area contributed by atoms with Gasteiger partial charge in [-0.1, -0.05) is 6.07 Å². The van der Waals surface area contributed by atoms with E-state index in [0.717, 1.165) is 0 Å². The quantitative estimate of drug-likeness (QED) is 0.846. The number of rotatable bonds is 5. The minimum Gasteiger partial charge on any atom is -0.493 e. The van der Waals surface area contributed by atoms with Gasteiger partial charge in [0.25, 0.3) is 5.91 Å². The number of methoxy groups -OCH3 is 2. The van der Waals surface area contributed by atoms with Crippen LogP contribution in [-0.4, -0.2) is 31.0 Å². The first-order valence-electron chi connectivity index (χ1n) is 6.01. The van der Waals surface area contributed by atoms with Gasteiger partial charge in [-0.2, -0.15) is 0 Å². The summed E-state index contributed by atoms with van der Waals surface area (Å²) < 4.78 is 10.4. The van der Waals surface area contributed by atoms with Crippen LogP contribution in [0.2, 0.25) is 0 Å². The second kappa shape index (κ2) is 6.15. The topological polar surface area (TPSA) is 47.6 Å². The second-order valence-corrected chi connectivity index (χ2v) is 5.49. The molecule has 4 nitrogen and oxygen atoms in total. The first kappa shape index (κ1) is 15.6. The van der Waals surface area contributed by atoms with E-state index in [0.29, 0.717) is 17.1 Å². The Morgan fingerprint density at radius 3 is 2.42 bits per heavy atom. The molecular weight excluding hydrogens is 266 g/mol. The van der Waals surface area contributed by atoms with E-state index in [-0.39, 0.29) is 11.3 Å². The van der Waals surface area contributed by atoms with Crippen LogP contribution in [0.15, 0.2) is 18.2 Å². The molecule has 0 aliphatic carbocycles. The third kappa shape index (κ3) is 3.53. The average Bonchev–Trinajstić information content (AvgIpc) is 2.36. The highest BCUT2D eigenvalue weighted by Gasteiger charge is 2.28.